The molecule has 1 aliphatic heterocycles. The van der Waals surface area contributed by atoms with E-state index < -0.39 is 0 Å². The Morgan fingerprint density at radius 3 is 2.76 bits per heavy atom. The zero-order valence-corrected chi connectivity index (χ0v) is 18.1. The van der Waals surface area contributed by atoms with Gasteiger partial charge in [0.05, 0.1) is 12.0 Å². The summed E-state index contributed by atoms with van der Waals surface area (Å²) in [7, 11) is 0. The molecule has 0 amide bonds. The molecular weight excluding hydrogens is 388 g/mol. The van der Waals surface area contributed by atoms with Crippen LogP contribution >= 0.6 is 11.3 Å². The fourth-order valence-corrected chi connectivity index (χ4v) is 5.01. The number of rotatable bonds is 5. The van der Waals surface area contributed by atoms with Crippen LogP contribution in [0.25, 0.3) is 10.2 Å². The normalized spacial score (nSPS) is 15.4. The lowest BCUT2D eigenvalue weighted by atomic mass is 9.95. The van der Waals surface area contributed by atoms with E-state index in [1.165, 1.54) is 11.3 Å². The van der Waals surface area contributed by atoms with Crippen molar-refractivity contribution < 1.29 is 9.53 Å². The van der Waals surface area contributed by atoms with Crippen LogP contribution in [0.2, 0.25) is 0 Å². The number of esters is 1. The maximum absolute atomic E-state index is 12.3. The van der Waals surface area contributed by atoms with Crippen LogP contribution in [0, 0.1) is 6.92 Å². The molecule has 0 unspecified atom stereocenters. The number of ether oxygens (including phenoxy) is 1. The van der Waals surface area contributed by atoms with Crippen molar-refractivity contribution >= 4 is 33.3 Å². The van der Waals surface area contributed by atoms with Gasteiger partial charge in [0.25, 0.3) is 0 Å². The largest absolute Gasteiger partial charge is 0.462 e. The number of carbonyl (C=O) groups excluding carboxylic acids is 1. The molecule has 0 radical (unpaired) electrons. The van der Waals surface area contributed by atoms with Gasteiger partial charge in [-0.05, 0) is 46.1 Å². The summed E-state index contributed by atoms with van der Waals surface area (Å²) >= 11 is 1.38. The highest BCUT2D eigenvalue weighted by atomic mass is 32.1. The van der Waals surface area contributed by atoms with E-state index in [0.717, 1.165) is 53.4 Å². The van der Waals surface area contributed by atoms with Crippen molar-refractivity contribution in [1.29, 1.82) is 0 Å². The van der Waals surface area contributed by atoms with Gasteiger partial charge < -0.3 is 14.2 Å². The molecule has 8 nitrogen and oxygen atoms in total. The third-order valence-electron chi connectivity index (χ3n) is 5.48. The molecule has 0 bridgehead atoms. The summed E-state index contributed by atoms with van der Waals surface area (Å²) in [5.41, 5.74) is 0.903. The summed E-state index contributed by atoms with van der Waals surface area (Å²) in [6.45, 7) is 10.2. The van der Waals surface area contributed by atoms with Crippen molar-refractivity contribution in [3.8, 4) is 0 Å². The van der Waals surface area contributed by atoms with Crippen molar-refractivity contribution in [3.63, 3.8) is 0 Å². The fourth-order valence-electron chi connectivity index (χ4n) is 3.98. The number of aromatic nitrogens is 5. The van der Waals surface area contributed by atoms with E-state index in [1.807, 2.05) is 20.2 Å². The summed E-state index contributed by atoms with van der Waals surface area (Å²) in [6.07, 6.45) is 5.39. The fraction of sp³-hybridized carbons (Fsp3) is 0.550. The van der Waals surface area contributed by atoms with Gasteiger partial charge in [0.1, 0.15) is 34.0 Å². The highest BCUT2D eigenvalue weighted by Crippen LogP contribution is 2.37. The van der Waals surface area contributed by atoms with Crippen molar-refractivity contribution in [3.05, 3.63) is 28.9 Å². The molecule has 0 aliphatic carbocycles. The number of aryl methyl sites for hydroxylation is 1. The second kappa shape index (κ2) is 8.06. The molecule has 0 N–H and O–H groups in total. The van der Waals surface area contributed by atoms with Crippen molar-refractivity contribution in [2.24, 2.45) is 0 Å². The predicted octanol–water partition coefficient (Wildman–Crippen LogP) is 3.73. The third-order valence-corrected chi connectivity index (χ3v) is 6.66. The van der Waals surface area contributed by atoms with E-state index in [9.17, 15) is 4.79 Å². The zero-order valence-electron chi connectivity index (χ0n) is 17.3. The molecule has 0 atom stereocenters. The van der Waals surface area contributed by atoms with E-state index in [0.29, 0.717) is 23.4 Å². The molecule has 9 heteroatoms. The Kier molecular flexibility index (Phi) is 5.49. The summed E-state index contributed by atoms with van der Waals surface area (Å²) in [4.78, 5) is 25.0. The maximum Gasteiger partial charge on any atom is 0.348 e. The minimum absolute atomic E-state index is 0.286. The molecule has 1 fully saturated rings. The Labute approximate surface area is 173 Å². The highest BCUT2D eigenvalue weighted by molar-refractivity contribution is 7.20. The number of nitrogens with zero attached hydrogens (tertiary/aromatic N) is 6. The Morgan fingerprint density at radius 2 is 2.07 bits per heavy atom. The van der Waals surface area contributed by atoms with E-state index in [2.05, 4.69) is 43.5 Å². The first-order valence-corrected chi connectivity index (χ1v) is 10.9. The molecule has 1 aliphatic rings. The minimum Gasteiger partial charge on any atom is -0.462 e. The highest BCUT2D eigenvalue weighted by Gasteiger charge is 2.28. The van der Waals surface area contributed by atoms with Crippen LogP contribution in [0.15, 0.2) is 12.7 Å². The van der Waals surface area contributed by atoms with E-state index in [1.54, 1.807) is 6.33 Å². The molecule has 154 valence electrons. The number of carbonyl (C=O) groups is 1. The van der Waals surface area contributed by atoms with Crippen molar-refractivity contribution in [1.82, 2.24) is 24.7 Å². The molecular formula is C20H26N6O2S. The first-order chi connectivity index (χ1) is 14.0. The van der Waals surface area contributed by atoms with Gasteiger partial charge >= 0.3 is 5.97 Å². The molecule has 3 aromatic rings. The average Bonchev–Trinajstić information content (AvgIpc) is 3.34. The minimum atomic E-state index is -0.286. The van der Waals surface area contributed by atoms with Crippen molar-refractivity contribution in [2.45, 2.75) is 52.5 Å². The second-order valence-electron chi connectivity index (χ2n) is 7.61. The van der Waals surface area contributed by atoms with E-state index >= 15 is 0 Å². The number of hydrogen-bond acceptors (Lipinski definition) is 8. The summed E-state index contributed by atoms with van der Waals surface area (Å²) < 4.78 is 7.37. The first kappa shape index (κ1) is 19.8. The van der Waals surface area contributed by atoms with Gasteiger partial charge in [0, 0.05) is 25.0 Å². The second-order valence-corrected chi connectivity index (χ2v) is 8.60. The Balaban J connectivity index is 1.58. The van der Waals surface area contributed by atoms with Gasteiger partial charge in [-0.15, -0.1) is 21.5 Å². The number of fused-ring (bicyclic) bond motifs is 1. The van der Waals surface area contributed by atoms with Crippen LogP contribution in [-0.2, 0) is 4.74 Å². The van der Waals surface area contributed by atoms with Gasteiger partial charge in [-0.2, -0.15) is 0 Å². The van der Waals surface area contributed by atoms with Crippen LogP contribution in [-0.4, -0.2) is 50.4 Å². The van der Waals surface area contributed by atoms with Gasteiger partial charge in [-0.3, -0.25) is 0 Å². The molecule has 0 aromatic carbocycles. The van der Waals surface area contributed by atoms with Crippen LogP contribution < -0.4 is 4.90 Å². The number of piperidine rings is 1. The Morgan fingerprint density at radius 1 is 1.31 bits per heavy atom. The topological polar surface area (TPSA) is 86.0 Å². The lowest BCUT2D eigenvalue weighted by Crippen LogP contribution is -2.34. The lowest BCUT2D eigenvalue weighted by Gasteiger charge is -2.33. The zero-order chi connectivity index (χ0) is 20.5. The van der Waals surface area contributed by atoms with Crippen LogP contribution in [0.4, 0.5) is 5.82 Å². The Bertz CT molecular complexity index is 1020. The summed E-state index contributed by atoms with van der Waals surface area (Å²) in [5.74, 6) is 2.09. The molecule has 0 saturated carbocycles. The van der Waals surface area contributed by atoms with Gasteiger partial charge in [-0.25, -0.2) is 14.8 Å². The number of thiophene rings is 1. The van der Waals surface area contributed by atoms with Crippen LogP contribution in [0.3, 0.4) is 0 Å². The summed E-state index contributed by atoms with van der Waals surface area (Å²) in [5, 5.41) is 9.46. The molecule has 29 heavy (non-hydrogen) atoms. The molecule has 3 aromatic heterocycles. The predicted molar refractivity (Wildman–Crippen MR) is 113 cm³/mol. The third kappa shape index (κ3) is 3.59. The number of anilines is 1. The monoisotopic (exact) mass is 414 g/mol. The number of hydrogen-bond donors (Lipinski definition) is 0. The Hall–Kier alpha value is -2.55. The van der Waals surface area contributed by atoms with Gasteiger partial charge in [0.15, 0.2) is 0 Å². The molecule has 4 heterocycles. The maximum atomic E-state index is 12.3. The smallest absolute Gasteiger partial charge is 0.348 e. The standard InChI is InChI=1S/C20H26N6O2S/c1-5-28-20(27)16-13(4)15-18(21-10-22-19(15)29-16)25-8-6-14(7-9-25)17-24-23-11-26(17)12(2)3/h10-12,14H,5-9H2,1-4H3. The van der Waals surface area contributed by atoms with Gasteiger partial charge in [0.2, 0.25) is 0 Å². The van der Waals surface area contributed by atoms with Crippen LogP contribution in [0.1, 0.15) is 66.6 Å². The SMILES string of the molecule is CCOC(=O)c1sc2ncnc(N3CCC(c4nncn4C(C)C)CC3)c2c1C. The first-order valence-electron chi connectivity index (χ1n) is 10.1. The van der Waals surface area contributed by atoms with E-state index in [4.69, 9.17) is 4.74 Å². The van der Waals surface area contributed by atoms with Crippen LogP contribution in [0.5, 0.6) is 0 Å². The molecule has 4 rings (SSSR count). The molecule has 1 saturated heterocycles. The quantitative estimate of drug-likeness (QED) is 0.588. The average molecular weight is 415 g/mol. The van der Waals surface area contributed by atoms with Crippen molar-refractivity contribution in [2.75, 3.05) is 24.6 Å². The van der Waals surface area contributed by atoms with E-state index in [-0.39, 0.29) is 5.97 Å². The molecule has 0 spiro atoms. The van der Waals surface area contributed by atoms with Gasteiger partial charge in [-0.1, -0.05) is 0 Å². The summed E-state index contributed by atoms with van der Waals surface area (Å²) in [6, 6.07) is 0.356. The lowest BCUT2D eigenvalue weighted by molar-refractivity contribution is 0.0531.